The number of fused-ring (bicyclic) bond motifs is 1. The van der Waals surface area contributed by atoms with Crippen molar-refractivity contribution in [2.24, 2.45) is 5.92 Å². The molecular formula is C23H22O6. The molecule has 0 aromatic heterocycles. The second-order valence-corrected chi connectivity index (χ2v) is 7.52. The van der Waals surface area contributed by atoms with E-state index < -0.39 is 12.6 Å². The molecule has 1 N–H and O–H groups in total. The number of ketones is 1. The van der Waals surface area contributed by atoms with Gasteiger partial charge in [-0.1, -0.05) is 0 Å². The average Bonchev–Trinajstić information content (AvgIpc) is 3.44. The van der Waals surface area contributed by atoms with Crippen LogP contribution in [0.3, 0.4) is 0 Å². The van der Waals surface area contributed by atoms with E-state index in [1.54, 1.807) is 24.3 Å². The molecule has 0 amide bonds. The second-order valence-electron chi connectivity index (χ2n) is 7.52. The second kappa shape index (κ2) is 7.62. The summed E-state index contributed by atoms with van der Waals surface area (Å²) in [6, 6.07) is 8.96. The fraction of sp³-hybridized carbons (Fsp3) is 0.304. The van der Waals surface area contributed by atoms with Gasteiger partial charge in [0.15, 0.2) is 12.4 Å². The largest absolute Gasteiger partial charge is 0.493 e. The zero-order chi connectivity index (χ0) is 20.5. The maximum atomic E-state index is 12.7. The summed E-state index contributed by atoms with van der Waals surface area (Å²) in [5, 5.41) is 8.80. The number of Topliss-reactive ketones (excluding diaryl/α,β-unsaturated/α-hetero) is 1. The van der Waals surface area contributed by atoms with Crippen LogP contribution in [0.5, 0.6) is 17.2 Å². The quantitative estimate of drug-likeness (QED) is 0.710. The molecule has 1 heterocycles. The van der Waals surface area contributed by atoms with Gasteiger partial charge in [0.1, 0.15) is 17.2 Å². The molecule has 2 aromatic carbocycles. The summed E-state index contributed by atoms with van der Waals surface area (Å²) in [5.74, 6) is 1.44. The number of hydrogen-bond donors (Lipinski definition) is 1. The predicted octanol–water partition coefficient (Wildman–Crippen LogP) is 4.17. The van der Waals surface area contributed by atoms with Gasteiger partial charge in [-0.05, 0) is 79.6 Å². The smallest absolute Gasteiger partial charge is 0.341 e. The van der Waals surface area contributed by atoms with E-state index in [2.05, 4.69) is 0 Å². The van der Waals surface area contributed by atoms with Gasteiger partial charge in [-0.25, -0.2) is 4.79 Å². The highest BCUT2D eigenvalue weighted by Gasteiger charge is 2.28. The number of benzene rings is 2. The third kappa shape index (κ3) is 4.26. The SMILES string of the molecule is Cc1cc(/C=C2\Oc3cc(OCC4CC4)ccc3C2=O)cc(C)c1OCC(=O)O. The molecule has 150 valence electrons. The van der Waals surface area contributed by atoms with E-state index in [0.29, 0.717) is 35.3 Å². The van der Waals surface area contributed by atoms with E-state index in [9.17, 15) is 9.59 Å². The van der Waals surface area contributed by atoms with Gasteiger partial charge in [-0.3, -0.25) is 4.79 Å². The molecule has 1 fully saturated rings. The maximum Gasteiger partial charge on any atom is 0.341 e. The number of allylic oxidation sites excluding steroid dienone is 1. The minimum Gasteiger partial charge on any atom is -0.493 e. The van der Waals surface area contributed by atoms with Gasteiger partial charge in [-0.15, -0.1) is 0 Å². The molecule has 1 aliphatic heterocycles. The molecule has 6 nitrogen and oxygen atoms in total. The van der Waals surface area contributed by atoms with Crippen molar-refractivity contribution in [2.45, 2.75) is 26.7 Å². The van der Waals surface area contributed by atoms with Gasteiger partial charge in [0.2, 0.25) is 5.78 Å². The number of ether oxygens (including phenoxy) is 3. The molecule has 0 unspecified atom stereocenters. The molecule has 1 aliphatic carbocycles. The number of carboxylic acid groups (broad SMARTS) is 1. The summed E-state index contributed by atoms with van der Waals surface area (Å²) >= 11 is 0. The maximum absolute atomic E-state index is 12.7. The highest BCUT2D eigenvalue weighted by molar-refractivity contribution is 6.14. The van der Waals surface area contributed by atoms with Crippen molar-refractivity contribution in [3.05, 3.63) is 58.3 Å². The van der Waals surface area contributed by atoms with Crippen molar-refractivity contribution >= 4 is 17.8 Å². The molecule has 0 radical (unpaired) electrons. The van der Waals surface area contributed by atoms with E-state index in [0.717, 1.165) is 16.7 Å². The van der Waals surface area contributed by atoms with Gasteiger partial charge in [0, 0.05) is 6.07 Å². The lowest BCUT2D eigenvalue weighted by Crippen LogP contribution is -2.11. The first-order valence-electron chi connectivity index (χ1n) is 9.57. The van der Waals surface area contributed by atoms with Crippen LogP contribution in [-0.2, 0) is 4.79 Å². The van der Waals surface area contributed by atoms with Crippen LogP contribution in [0, 0.1) is 19.8 Å². The van der Waals surface area contributed by atoms with Gasteiger partial charge < -0.3 is 19.3 Å². The number of carbonyl (C=O) groups excluding carboxylic acids is 1. The van der Waals surface area contributed by atoms with Crippen molar-refractivity contribution in [1.82, 2.24) is 0 Å². The number of rotatable bonds is 7. The summed E-state index contributed by atoms with van der Waals surface area (Å²) in [7, 11) is 0. The molecule has 0 atom stereocenters. The number of hydrogen-bond acceptors (Lipinski definition) is 5. The first-order chi connectivity index (χ1) is 13.9. The molecule has 1 saturated carbocycles. The molecule has 0 bridgehead atoms. The lowest BCUT2D eigenvalue weighted by Gasteiger charge is -2.11. The zero-order valence-corrected chi connectivity index (χ0v) is 16.4. The summed E-state index contributed by atoms with van der Waals surface area (Å²) in [5.41, 5.74) is 2.88. The Morgan fingerprint density at radius 2 is 1.90 bits per heavy atom. The Morgan fingerprint density at radius 3 is 2.55 bits per heavy atom. The van der Waals surface area contributed by atoms with Gasteiger partial charge in [-0.2, -0.15) is 0 Å². The lowest BCUT2D eigenvalue weighted by atomic mass is 10.0. The first-order valence-corrected chi connectivity index (χ1v) is 9.57. The Kier molecular flexibility index (Phi) is 5.01. The Hall–Kier alpha value is -3.28. The van der Waals surface area contributed by atoms with Crippen molar-refractivity contribution in [3.63, 3.8) is 0 Å². The monoisotopic (exact) mass is 394 g/mol. The van der Waals surface area contributed by atoms with E-state index in [-0.39, 0.29) is 11.5 Å². The normalized spacial score (nSPS) is 16.5. The number of aliphatic carboxylic acids is 1. The number of carbonyl (C=O) groups is 2. The zero-order valence-electron chi connectivity index (χ0n) is 16.4. The van der Waals surface area contributed by atoms with Crippen LogP contribution in [0.1, 0.15) is 39.9 Å². The molecular weight excluding hydrogens is 372 g/mol. The number of aryl methyl sites for hydroxylation is 2. The van der Waals surface area contributed by atoms with Crippen LogP contribution in [0.4, 0.5) is 0 Å². The third-order valence-electron chi connectivity index (χ3n) is 4.94. The fourth-order valence-electron chi connectivity index (χ4n) is 3.34. The predicted molar refractivity (Wildman–Crippen MR) is 107 cm³/mol. The Labute approximate surface area is 168 Å². The van der Waals surface area contributed by atoms with Crippen molar-refractivity contribution in [3.8, 4) is 17.2 Å². The Bertz CT molecular complexity index is 993. The van der Waals surface area contributed by atoms with Crippen molar-refractivity contribution in [2.75, 3.05) is 13.2 Å². The van der Waals surface area contributed by atoms with Crippen LogP contribution in [0.2, 0.25) is 0 Å². The van der Waals surface area contributed by atoms with Crippen molar-refractivity contribution in [1.29, 1.82) is 0 Å². The summed E-state index contributed by atoms with van der Waals surface area (Å²) in [4.78, 5) is 23.4. The van der Waals surface area contributed by atoms with E-state index in [4.69, 9.17) is 19.3 Å². The van der Waals surface area contributed by atoms with E-state index in [1.165, 1.54) is 12.8 Å². The highest BCUT2D eigenvalue weighted by atomic mass is 16.5. The minimum absolute atomic E-state index is 0.171. The first kappa shape index (κ1) is 19.1. The summed E-state index contributed by atoms with van der Waals surface area (Å²) < 4.78 is 16.9. The molecule has 0 saturated heterocycles. The van der Waals surface area contributed by atoms with Crippen LogP contribution in [0.15, 0.2) is 36.1 Å². The van der Waals surface area contributed by atoms with Crippen LogP contribution in [-0.4, -0.2) is 30.1 Å². The van der Waals surface area contributed by atoms with Gasteiger partial charge in [0.25, 0.3) is 0 Å². The fourth-order valence-corrected chi connectivity index (χ4v) is 3.34. The molecule has 29 heavy (non-hydrogen) atoms. The van der Waals surface area contributed by atoms with E-state index >= 15 is 0 Å². The van der Waals surface area contributed by atoms with Crippen LogP contribution >= 0.6 is 0 Å². The van der Waals surface area contributed by atoms with E-state index in [1.807, 2.05) is 26.0 Å². The molecule has 6 heteroatoms. The topological polar surface area (TPSA) is 82.1 Å². The molecule has 0 spiro atoms. The third-order valence-corrected chi connectivity index (χ3v) is 4.94. The molecule has 4 rings (SSSR count). The minimum atomic E-state index is -1.03. The highest BCUT2D eigenvalue weighted by Crippen LogP contribution is 2.36. The standard InChI is InChI=1S/C23H22O6/c1-13-7-16(8-14(2)23(13)28-12-21(24)25)9-20-22(26)18-6-5-17(10-19(18)29-20)27-11-15-3-4-15/h5-10,15H,3-4,11-12H2,1-2H3,(H,24,25)/b20-9-. The lowest BCUT2D eigenvalue weighted by molar-refractivity contribution is -0.139. The Balaban J connectivity index is 1.53. The average molecular weight is 394 g/mol. The van der Waals surface area contributed by atoms with Crippen LogP contribution < -0.4 is 14.2 Å². The van der Waals surface area contributed by atoms with Gasteiger partial charge >= 0.3 is 5.97 Å². The Morgan fingerprint density at radius 1 is 1.17 bits per heavy atom. The van der Waals surface area contributed by atoms with Crippen LogP contribution in [0.25, 0.3) is 6.08 Å². The number of carboxylic acids is 1. The summed E-state index contributed by atoms with van der Waals surface area (Å²) in [6.07, 6.45) is 4.12. The van der Waals surface area contributed by atoms with Gasteiger partial charge in [0.05, 0.1) is 12.2 Å². The summed E-state index contributed by atoms with van der Waals surface area (Å²) in [6.45, 7) is 3.97. The molecule has 2 aliphatic rings. The molecule has 2 aromatic rings. The van der Waals surface area contributed by atoms with Crippen molar-refractivity contribution < 1.29 is 28.9 Å².